The lowest BCUT2D eigenvalue weighted by Crippen LogP contribution is -2.47. The number of nitrogens with zero attached hydrogens (tertiary/aromatic N) is 4. The van der Waals surface area contributed by atoms with Crippen LogP contribution in [0.4, 0.5) is 5.69 Å². The van der Waals surface area contributed by atoms with Crippen LogP contribution in [0, 0.1) is 10.1 Å². The fraction of sp³-hybridized carbons (Fsp3) is 0.704. The number of non-ortho nitro benzene ring substituents is 1. The van der Waals surface area contributed by atoms with Crippen LogP contribution in [0.1, 0.15) is 47.1 Å². The predicted molar refractivity (Wildman–Crippen MR) is 146 cm³/mol. The van der Waals surface area contributed by atoms with Crippen molar-refractivity contribution in [3.8, 4) is 0 Å². The number of hydrogen-bond acceptors (Lipinski definition) is 10. The number of nitro groups is 1. The highest BCUT2D eigenvalue weighted by molar-refractivity contribution is 5.72. The lowest BCUT2D eigenvalue weighted by Gasteiger charge is -2.32. The van der Waals surface area contributed by atoms with Gasteiger partial charge in [0, 0.05) is 71.0 Å². The number of benzene rings is 1. The van der Waals surface area contributed by atoms with E-state index >= 15 is 0 Å². The number of nitro benzene ring substituents is 1. The molecule has 1 aromatic rings. The molecule has 214 valence electrons. The SMILES string of the molecule is CC(C)(C)OC(=O)CN1CCNCCN(CC(=O)OC(C)(C)C)CCN(Cc2ccc([N+](=O)[O-])cc2)CC1. The van der Waals surface area contributed by atoms with Gasteiger partial charge >= 0.3 is 11.9 Å². The Morgan fingerprint density at radius 1 is 0.789 bits per heavy atom. The molecule has 11 heteroatoms. The van der Waals surface area contributed by atoms with Crippen molar-refractivity contribution >= 4 is 17.6 Å². The van der Waals surface area contributed by atoms with Crippen molar-refractivity contribution in [1.29, 1.82) is 0 Å². The molecule has 1 aliphatic heterocycles. The van der Waals surface area contributed by atoms with Gasteiger partial charge in [-0.15, -0.1) is 0 Å². The Hall–Kier alpha value is -2.60. The Morgan fingerprint density at radius 3 is 1.61 bits per heavy atom. The molecule has 0 atom stereocenters. The summed E-state index contributed by atoms with van der Waals surface area (Å²) in [6.07, 6.45) is 0. The van der Waals surface area contributed by atoms with Gasteiger partial charge in [0.25, 0.3) is 5.69 Å². The molecule has 0 radical (unpaired) electrons. The van der Waals surface area contributed by atoms with Crippen LogP contribution < -0.4 is 5.32 Å². The summed E-state index contributed by atoms with van der Waals surface area (Å²) in [6.45, 7) is 17.6. The van der Waals surface area contributed by atoms with Crippen LogP contribution in [-0.2, 0) is 25.6 Å². The van der Waals surface area contributed by atoms with E-state index in [2.05, 4.69) is 20.0 Å². The summed E-state index contributed by atoms with van der Waals surface area (Å²) in [5.74, 6) is -0.509. The maximum absolute atomic E-state index is 12.5. The Balaban J connectivity index is 2.12. The first-order valence-corrected chi connectivity index (χ1v) is 13.2. The molecule has 1 fully saturated rings. The topological polar surface area (TPSA) is 117 Å². The van der Waals surface area contributed by atoms with E-state index in [4.69, 9.17) is 9.47 Å². The van der Waals surface area contributed by atoms with Gasteiger partial charge in [-0.1, -0.05) is 12.1 Å². The van der Waals surface area contributed by atoms with Gasteiger partial charge in [-0.25, -0.2) is 0 Å². The lowest BCUT2D eigenvalue weighted by atomic mass is 10.2. The Labute approximate surface area is 226 Å². The molecule has 1 aliphatic rings. The first kappa shape index (κ1) is 31.6. The molecular formula is C27H45N5O6. The minimum Gasteiger partial charge on any atom is -0.459 e. The minimum absolute atomic E-state index is 0.0574. The highest BCUT2D eigenvalue weighted by atomic mass is 16.6. The van der Waals surface area contributed by atoms with Crippen molar-refractivity contribution in [3.63, 3.8) is 0 Å². The van der Waals surface area contributed by atoms with Crippen molar-refractivity contribution in [2.45, 2.75) is 59.3 Å². The Kier molecular flexibility index (Phi) is 12.1. The second-order valence-corrected chi connectivity index (χ2v) is 11.7. The van der Waals surface area contributed by atoms with Crippen LogP contribution in [0.25, 0.3) is 0 Å². The maximum atomic E-state index is 12.5. The molecule has 1 aromatic carbocycles. The smallest absolute Gasteiger partial charge is 0.320 e. The van der Waals surface area contributed by atoms with Crippen LogP contribution in [0.2, 0.25) is 0 Å². The standard InChI is InChI=1S/C27H45N5O6/c1-26(2,3)37-24(33)20-29-13-11-28-12-14-30(21-25(34)38-27(4,5)6)16-18-31(17-15-29)19-22-7-9-23(10-8-22)32(35)36/h7-10,28H,11-21H2,1-6H3. The van der Waals surface area contributed by atoms with Gasteiger partial charge < -0.3 is 14.8 Å². The summed E-state index contributed by atoms with van der Waals surface area (Å²) in [5, 5.41) is 14.5. The van der Waals surface area contributed by atoms with Crippen LogP contribution >= 0.6 is 0 Å². The summed E-state index contributed by atoms with van der Waals surface area (Å²) in [6, 6.07) is 6.58. The molecule has 2 rings (SSSR count). The molecule has 0 spiro atoms. The fourth-order valence-electron chi connectivity index (χ4n) is 4.07. The average molecular weight is 536 g/mol. The van der Waals surface area contributed by atoms with Crippen molar-refractivity contribution < 1.29 is 24.0 Å². The normalized spacial score (nSPS) is 17.7. The summed E-state index contributed by atoms with van der Waals surface area (Å²) in [5.41, 5.74) is -0.0632. The summed E-state index contributed by atoms with van der Waals surface area (Å²) >= 11 is 0. The van der Waals surface area contributed by atoms with Gasteiger partial charge in [-0.2, -0.15) is 0 Å². The van der Waals surface area contributed by atoms with Crippen LogP contribution in [0.15, 0.2) is 24.3 Å². The summed E-state index contributed by atoms with van der Waals surface area (Å²) < 4.78 is 11.1. The van der Waals surface area contributed by atoms with Gasteiger partial charge in [0.15, 0.2) is 0 Å². The van der Waals surface area contributed by atoms with E-state index in [0.29, 0.717) is 58.9 Å². The van der Waals surface area contributed by atoms with E-state index in [1.165, 1.54) is 12.1 Å². The second-order valence-electron chi connectivity index (χ2n) is 11.7. The molecule has 11 nitrogen and oxygen atoms in total. The predicted octanol–water partition coefficient (Wildman–Crippen LogP) is 2.29. The van der Waals surface area contributed by atoms with E-state index in [9.17, 15) is 19.7 Å². The van der Waals surface area contributed by atoms with Gasteiger partial charge in [0.05, 0.1) is 18.0 Å². The molecule has 1 saturated heterocycles. The van der Waals surface area contributed by atoms with Crippen molar-refractivity contribution in [3.05, 3.63) is 39.9 Å². The number of carbonyl (C=O) groups excluding carboxylic acids is 2. The van der Waals surface area contributed by atoms with Crippen LogP contribution in [0.5, 0.6) is 0 Å². The highest BCUT2D eigenvalue weighted by Gasteiger charge is 2.22. The van der Waals surface area contributed by atoms with Gasteiger partial charge in [0.2, 0.25) is 0 Å². The van der Waals surface area contributed by atoms with Crippen molar-refractivity contribution in [1.82, 2.24) is 20.0 Å². The lowest BCUT2D eigenvalue weighted by molar-refractivity contribution is -0.384. The van der Waals surface area contributed by atoms with Crippen molar-refractivity contribution in [2.75, 3.05) is 65.4 Å². The highest BCUT2D eigenvalue weighted by Crippen LogP contribution is 2.14. The summed E-state index contributed by atoms with van der Waals surface area (Å²) in [7, 11) is 0. The molecule has 1 N–H and O–H groups in total. The third-order valence-electron chi connectivity index (χ3n) is 5.77. The quantitative estimate of drug-likeness (QED) is 0.317. The molecule has 0 unspecified atom stereocenters. The zero-order valence-electron chi connectivity index (χ0n) is 23.8. The molecule has 0 saturated carbocycles. The second kappa shape index (κ2) is 14.5. The molecule has 38 heavy (non-hydrogen) atoms. The molecule has 0 aromatic heterocycles. The molecule has 0 amide bonds. The fourth-order valence-corrected chi connectivity index (χ4v) is 4.07. The average Bonchev–Trinajstić information content (AvgIpc) is 2.76. The van der Waals surface area contributed by atoms with Gasteiger partial charge in [-0.3, -0.25) is 34.4 Å². The molecular weight excluding hydrogens is 490 g/mol. The first-order chi connectivity index (χ1) is 17.7. The maximum Gasteiger partial charge on any atom is 0.320 e. The molecule has 1 heterocycles. The van der Waals surface area contributed by atoms with E-state index in [1.807, 2.05) is 41.5 Å². The van der Waals surface area contributed by atoms with Crippen molar-refractivity contribution in [2.24, 2.45) is 0 Å². The number of carbonyl (C=O) groups is 2. The van der Waals surface area contributed by atoms with Gasteiger partial charge in [0.1, 0.15) is 11.2 Å². The Morgan fingerprint density at radius 2 is 1.21 bits per heavy atom. The largest absolute Gasteiger partial charge is 0.459 e. The molecule has 0 aliphatic carbocycles. The van der Waals surface area contributed by atoms with E-state index in [-0.39, 0.29) is 30.7 Å². The first-order valence-electron chi connectivity index (χ1n) is 13.2. The Bertz CT molecular complexity index is 866. The number of hydrogen-bond donors (Lipinski definition) is 1. The van der Waals surface area contributed by atoms with E-state index < -0.39 is 16.1 Å². The third-order valence-corrected chi connectivity index (χ3v) is 5.77. The molecule has 0 bridgehead atoms. The van der Waals surface area contributed by atoms with Gasteiger partial charge in [-0.05, 0) is 47.1 Å². The van der Waals surface area contributed by atoms with E-state index in [0.717, 1.165) is 5.56 Å². The number of rotatable bonds is 7. The monoisotopic (exact) mass is 535 g/mol. The number of esters is 2. The number of ether oxygens (including phenoxy) is 2. The minimum atomic E-state index is -0.540. The van der Waals surface area contributed by atoms with Crippen LogP contribution in [-0.4, -0.2) is 108 Å². The number of nitrogens with one attached hydrogen (secondary N) is 1. The zero-order valence-corrected chi connectivity index (χ0v) is 23.8. The summed E-state index contributed by atoms with van der Waals surface area (Å²) in [4.78, 5) is 42.1. The zero-order chi connectivity index (χ0) is 28.3. The van der Waals surface area contributed by atoms with Crippen LogP contribution in [0.3, 0.4) is 0 Å². The third kappa shape index (κ3) is 13.3. The van der Waals surface area contributed by atoms with E-state index in [1.54, 1.807) is 12.1 Å².